The molecule has 4 rings (SSSR count). The molecule has 4 atom stereocenters. The third-order valence-electron chi connectivity index (χ3n) is 6.49. The van der Waals surface area contributed by atoms with Gasteiger partial charge < -0.3 is 9.64 Å². The molecule has 1 saturated carbocycles. The molecular formula is C20H29NO. The molecule has 0 radical (unpaired) electrons. The molecule has 1 aromatic rings. The maximum Gasteiger partial charge on any atom is 0.119 e. The van der Waals surface area contributed by atoms with Gasteiger partial charge in [0.15, 0.2) is 0 Å². The van der Waals surface area contributed by atoms with E-state index in [-0.39, 0.29) is 0 Å². The number of piperidine rings is 1. The fourth-order valence-corrected chi connectivity index (χ4v) is 5.65. The predicted octanol–water partition coefficient (Wildman–Crippen LogP) is 4.24. The standard InChI is InChI=1S/C20H29NO/c1-4-22-15-8-7-14-10-19-18-12-20(2,13-21(19)3)9-5-6-16(18)17(14)11-15/h7-8,11,16,18-19H,4-6,9-10,12-13H2,1-3H3/t16?,18-,19-,20?/m0/s1. The lowest BCUT2D eigenvalue weighted by Gasteiger charge is -2.51. The molecule has 0 N–H and O–H groups in total. The fourth-order valence-electron chi connectivity index (χ4n) is 5.65. The molecule has 0 aromatic heterocycles. The second-order valence-corrected chi connectivity index (χ2v) is 8.16. The van der Waals surface area contributed by atoms with Gasteiger partial charge in [-0.1, -0.05) is 19.4 Å². The van der Waals surface area contributed by atoms with Crippen LogP contribution in [0.5, 0.6) is 5.75 Å². The first-order valence-corrected chi connectivity index (χ1v) is 9.05. The van der Waals surface area contributed by atoms with Gasteiger partial charge in [0.25, 0.3) is 0 Å². The minimum Gasteiger partial charge on any atom is -0.494 e. The first-order valence-electron chi connectivity index (χ1n) is 9.05. The Kier molecular flexibility index (Phi) is 3.48. The van der Waals surface area contributed by atoms with E-state index in [2.05, 4.69) is 44.0 Å². The van der Waals surface area contributed by atoms with E-state index in [1.54, 1.807) is 11.1 Å². The van der Waals surface area contributed by atoms with Crippen LogP contribution in [-0.4, -0.2) is 31.1 Å². The molecule has 1 heterocycles. The summed E-state index contributed by atoms with van der Waals surface area (Å²) in [4.78, 5) is 2.67. The molecule has 2 nitrogen and oxygen atoms in total. The molecule has 120 valence electrons. The summed E-state index contributed by atoms with van der Waals surface area (Å²) >= 11 is 0. The number of ether oxygens (including phenoxy) is 1. The Labute approximate surface area is 134 Å². The van der Waals surface area contributed by atoms with E-state index in [0.29, 0.717) is 5.41 Å². The van der Waals surface area contributed by atoms with Gasteiger partial charge in [-0.2, -0.15) is 0 Å². The van der Waals surface area contributed by atoms with Crippen LogP contribution in [-0.2, 0) is 6.42 Å². The highest BCUT2D eigenvalue weighted by atomic mass is 16.5. The molecule has 2 fully saturated rings. The smallest absolute Gasteiger partial charge is 0.119 e. The number of hydrogen-bond acceptors (Lipinski definition) is 2. The van der Waals surface area contributed by atoms with Crippen LogP contribution in [0.3, 0.4) is 0 Å². The molecule has 3 aliphatic rings. The van der Waals surface area contributed by atoms with Crippen molar-refractivity contribution in [3.05, 3.63) is 29.3 Å². The van der Waals surface area contributed by atoms with Gasteiger partial charge in [-0.15, -0.1) is 0 Å². The van der Waals surface area contributed by atoms with Crippen LogP contribution in [0.25, 0.3) is 0 Å². The minimum absolute atomic E-state index is 0.541. The van der Waals surface area contributed by atoms with Crippen molar-refractivity contribution in [2.24, 2.45) is 11.3 Å². The second-order valence-electron chi connectivity index (χ2n) is 8.16. The molecule has 2 bridgehead atoms. The molecule has 2 heteroatoms. The quantitative estimate of drug-likeness (QED) is 0.810. The van der Waals surface area contributed by atoms with Crippen molar-refractivity contribution < 1.29 is 4.74 Å². The van der Waals surface area contributed by atoms with Crippen molar-refractivity contribution in [1.29, 1.82) is 0 Å². The summed E-state index contributed by atoms with van der Waals surface area (Å²) in [6.07, 6.45) is 6.81. The number of fused-ring (bicyclic) bond motifs is 3. The Hall–Kier alpha value is -1.02. The maximum atomic E-state index is 5.78. The van der Waals surface area contributed by atoms with E-state index >= 15 is 0 Å². The fraction of sp³-hybridized carbons (Fsp3) is 0.700. The summed E-state index contributed by atoms with van der Waals surface area (Å²) in [7, 11) is 2.36. The number of nitrogens with zero attached hydrogens (tertiary/aromatic N) is 1. The van der Waals surface area contributed by atoms with E-state index in [4.69, 9.17) is 4.74 Å². The zero-order chi connectivity index (χ0) is 15.3. The molecule has 1 saturated heterocycles. The van der Waals surface area contributed by atoms with Crippen LogP contribution in [0.1, 0.15) is 56.6 Å². The normalized spacial score (nSPS) is 37.3. The van der Waals surface area contributed by atoms with Crippen molar-refractivity contribution in [2.45, 2.75) is 57.9 Å². The van der Waals surface area contributed by atoms with Crippen molar-refractivity contribution in [3.63, 3.8) is 0 Å². The Morgan fingerprint density at radius 1 is 1.36 bits per heavy atom. The van der Waals surface area contributed by atoms with E-state index in [0.717, 1.165) is 30.2 Å². The summed E-state index contributed by atoms with van der Waals surface area (Å²) in [6.45, 7) is 6.64. The largest absolute Gasteiger partial charge is 0.494 e. The van der Waals surface area contributed by atoms with Crippen LogP contribution in [0, 0.1) is 11.3 Å². The highest BCUT2D eigenvalue weighted by molar-refractivity contribution is 5.41. The van der Waals surface area contributed by atoms with E-state index in [9.17, 15) is 0 Å². The van der Waals surface area contributed by atoms with Crippen molar-refractivity contribution in [2.75, 3.05) is 20.2 Å². The zero-order valence-corrected chi connectivity index (χ0v) is 14.3. The van der Waals surface area contributed by atoms with Crippen LogP contribution in [0.4, 0.5) is 0 Å². The third kappa shape index (κ3) is 2.27. The second kappa shape index (κ2) is 5.26. The molecule has 1 aliphatic heterocycles. The molecule has 1 aromatic carbocycles. The average molecular weight is 299 g/mol. The summed E-state index contributed by atoms with van der Waals surface area (Å²) < 4.78 is 5.78. The lowest BCUT2D eigenvalue weighted by atomic mass is 9.64. The highest BCUT2D eigenvalue weighted by Crippen LogP contribution is 2.53. The van der Waals surface area contributed by atoms with Gasteiger partial charge in [-0.05, 0) is 80.2 Å². The first-order chi connectivity index (χ1) is 10.6. The van der Waals surface area contributed by atoms with Gasteiger partial charge in [-0.25, -0.2) is 0 Å². The van der Waals surface area contributed by atoms with Gasteiger partial charge in [-0.3, -0.25) is 0 Å². The van der Waals surface area contributed by atoms with Crippen molar-refractivity contribution in [1.82, 2.24) is 4.90 Å². The summed E-state index contributed by atoms with van der Waals surface area (Å²) in [6, 6.07) is 7.62. The highest BCUT2D eigenvalue weighted by Gasteiger charge is 2.48. The number of likely N-dealkylation sites (tertiary alicyclic amines) is 1. The van der Waals surface area contributed by atoms with Crippen LogP contribution in [0.2, 0.25) is 0 Å². The molecule has 22 heavy (non-hydrogen) atoms. The number of benzene rings is 1. The summed E-state index contributed by atoms with van der Waals surface area (Å²) in [5.74, 6) is 2.66. The van der Waals surface area contributed by atoms with E-state index in [1.165, 1.54) is 38.6 Å². The van der Waals surface area contributed by atoms with Crippen molar-refractivity contribution in [3.8, 4) is 5.75 Å². The van der Waals surface area contributed by atoms with E-state index in [1.807, 2.05) is 0 Å². The van der Waals surface area contributed by atoms with Crippen LogP contribution >= 0.6 is 0 Å². The van der Waals surface area contributed by atoms with Gasteiger partial charge in [0, 0.05) is 12.6 Å². The van der Waals surface area contributed by atoms with Gasteiger partial charge in [0.1, 0.15) is 5.75 Å². The molecule has 0 spiro atoms. The van der Waals surface area contributed by atoms with Gasteiger partial charge in [0.2, 0.25) is 0 Å². The maximum absolute atomic E-state index is 5.78. The minimum atomic E-state index is 0.541. The average Bonchev–Trinajstić information content (AvgIpc) is 2.63. The molecule has 2 unspecified atom stereocenters. The predicted molar refractivity (Wildman–Crippen MR) is 90.5 cm³/mol. The number of likely N-dealkylation sites (N-methyl/N-ethyl adjacent to an activating group) is 1. The lowest BCUT2D eigenvalue weighted by Crippen LogP contribution is -2.53. The van der Waals surface area contributed by atoms with Crippen LogP contribution < -0.4 is 4.74 Å². The van der Waals surface area contributed by atoms with Crippen LogP contribution in [0.15, 0.2) is 18.2 Å². The van der Waals surface area contributed by atoms with Gasteiger partial charge >= 0.3 is 0 Å². The molecule has 2 aliphatic carbocycles. The Bertz CT molecular complexity index is 569. The summed E-state index contributed by atoms with van der Waals surface area (Å²) in [5.41, 5.74) is 3.72. The lowest BCUT2D eigenvalue weighted by molar-refractivity contribution is 0.0155. The molecule has 0 amide bonds. The SMILES string of the molecule is CCOc1ccc2c(c1)C1CCCC3(C)C[C@@H]1[C@H](C2)N(C)C3. The third-order valence-corrected chi connectivity index (χ3v) is 6.49. The first kappa shape index (κ1) is 14.6. The Balaban J connectivity index is 1.76. The zero-order valence-electron chi connectivity index (χ0n) is 14.3. The molecular weight excluding hydrogens is 270 g/mol. The Morgan fingerprint density at radius 3 is 3.05 bits per heavy atom. The summed E-state index contributed by atoms with van der Waals surface area (Å²) in [5, 5.41) is 0. The topological polar surface area (TPSA) is 12.5 Å². The van der Waals surface area contributed by atoms with Gasteiger partial charge in [0.05, 0.1) is 6.61 Å². The Morgan fingerprint density at radius 2 is 2.23 bits per heavy atom. The number of hydrogen-bond donors (Lipinski definition) is 0. The van der Waals surface area contributed by atoms with E-state index < -0.39 is 0 Å². The van der Waals surface area contributed by atoms with Crippen molar-refractivity contribution >= 4 is 0 Å². The number of rotatable bonds is 2. The monoisotopic (exact) mass is 299 g/mol.